The van der Waals surface area contributed by atoms with Gasteiger partial charge in [-0.2, -0.15) is 0 Å². The third kappa shape index (κ3) is 3.41. The second kappa shape index (κ2) is 5.34. The first-order chi connectivity index (χ1) is 7.50. The molecule has 6 nitrogen and oxygen atoms in total. The van der Waals surface area contributed by atoms with Crippen molar-refractivity contribution >= 4 is 5.91 Å². The Morgan fingerprint density at radius 1 is 1.38 bits per heavy atom. The van der Waals surface area contributed by atoms with Crippen molar-refractivity contribution in [2.24, 2.45) is 5.73 Å². The Hall–Kier alpha value is -1.79. The van der Waals surface area contributed by atoms with Gasteiger partial charge in [-0.15, -0.1) is 0 Å². The van der Waals surface area contributed by atoms with Crippen molar-refractivity contribution < 1.29 is 20.1 Å². The number of nitrogens with two attached hydrogens (primary N) is 1. The first kappa shape index (κ1) is 12.3. The van der Waals surface area contributed by atoms with E-state index < -0.39 is 12.0 Å². The number of phenolic OH excluding ortho intramolecular Hbond substituents is 2. The van der Waals surface area contributed by atoms with E-state index in [4.69, 9.17) is 10.8 Å². The van der Waals surface area contributed by atoms with Crippen LogP contribution in [0.25, 0.3) is 0 Å². The zero-order chi connectivity index (χ0) is 12.1. The van der Waals surface area contributed by atoms with E-state index in [1.807, 2.05) is 0 Å². The van der Waals surface area contributed by atoms with Crippen LogP contribution >= 0.6 is 0 Å². The van der Waals surface area contributed by atoms with Gasteiger partial charge in [0, 0.05) is 6.54 Å². The Kier molecular flexibility index (Phi) is 4.10. The average molecular weight is 226 g/mol. The number of benzene rings is 1. The van der Waals surface area contributed by atoms with E-state index in [-0.39, 0.29) is 24.6 Å². The fraction of sp³-hybridized carbons (Fsp3) is 0.300. The second-order valence-corrected chi connectivity index (χ2v) is 3.36. The van der Waals surface area contributed by atoms with Crippen LogP contribution < -0.4 is 11.1 Å². The van der Waals surface area contributed by atoms with E-state index in [2.05, 4.69) is 5.32 Å². The Morgan fingerprint density at radius 3 is 2.62 bits per heavy atom. The SMILES string of the molecule is NC(=O)CNCC(O)c1ccc(O)c(O)c1. The molecule has 0 aliphatic heterocycles. The molecule has 88 valence electrons. The number of hydrogen-bond acceptors (Lipinski definition) is 5. The smallest absolute Gasteiger partial charge is 0.231 e. The number of amides is 1. The monoisotopic (exact) mass is 226 g/mol. The molecule has 0 saturated carbocycles. The molecule has 1 rings (SSSR count). The predicted octanol–water partition coefficient (Wildman–Crippen LogP) is -0.794. The second-order valence-electron chi connectivity index (χ2n) is 3.36. The van der Waals surface area contributed by atoms with Crippen LogP contribution in [0.3, 0.4) is 0 Å². The van der Waals surface area contributed by atoms with Crippen molar-refractivity contribution in [3.8, 4) is 11.5 Å². The number of rotatable bonds is 5. The van der Waals surface area contributed by atoms with Crippen molar-refractivity contribution in [1.29, 1.82) is 0 Å². The molecule has 1 amide bonds. The Morgan fingerprint density at radius 2 is 2.06 bits per heavy atom. The maximum Gasteiger partial charge on any atom is 0.231 e. The summed E-state index contributed by atoms with van der Waals surface area (Å²) < 4.78 is 0. The van der Waals surface area contributed by atoms with Crippen LogP contribution in [0.5, 0.6) is 11.5 Å². The fourth-order valence-electron chi connectivity index (χ4n) is 1.20. The summed E-state index contributed by atoms with van der Waals surface area (Å²) in [6, 6.07) is 4.01. The maximum absolute atomic E-state index is 10.4. The molecule has 0 saturated heterocycles. The van der Waals surface area contributed by atoms with Gasteiger partial charge in [-0.1, -0.05) is 6.07 Å². The quantitative estimate of drug-likeness (QED) is 0.422. The molecule has 0 aliphatic carbocycles. The minimum atomic E-state index is -0.883. The number of nitrogens with one attached hydrogen (secondary N) is 1. The van der Waals surface area contributed by atoms with Crippen molar-refractivity contribution in [3.63, 3.8) is 0 Å². The minimum Gasteiger partial charge on any atom is -0.504 e. The molecular weight excluding hydrogens is 212 g/mol. The van der Waals surface area contributed by atoms with Crippen molar-refractivity contribution in [1.82, 2.24) is 5.32 Å². The largest absolute Gasteiger partial charge is 0.504 e. The van der Waals surface area contributed by atoms with Gasteiger partial charge in [-0.05, 0) is 17.7 Å². The van der Waals surface area contributed by atoms with E-state index in [1.165, 1.54) is 18.2 Å². The maximum atomic E-state index is 10.4. The lowest BCUT2D eigenvalue weighted by molar-refractivity contribution is -0.117. The van der Waals surface area contributed by atoms with Gasteiger partial charge in [0.15, 0.2) is 11.5 Å². The number of aliphatic hydroxyl groups excluding tert-OH is 1. The molecule has 0 radical (unpaired) electrons. The number of hydrogen-bond donors (Lipinski definition) is 5. The lowest BCUT2D eigenvalue weighted by Gasteiger charge is -2.12. The molecule has 0 aromatic heterocycles. The molecule has 0 aliphatic rings. The van der Waals surface area contributed by atoms with Crippen LogP contribution in [0.4, 0.5) is 0 Å². The predicted molar refractivity (Wildman–Crippen MR) is 56.8 cm³/mol. The van der Waals surface area contributed by atoms with Crippen LogP contribution in [0.2, 0.25) is 0 Å². The normalized spacial score (nSPS) is 12.3. The number of aromatic hydroxyl groups is 2. The lowest BCUT2D eigenvalue weighted by Crippen LogP contribution is -2.31. The molecule has 1 aromatic rings. The summed E-state index contributed by atoms with van der Waals surface area (Å²) in [5.41, 5.74) is 5.34. The number of carbonyl (C=O) groups is 1. The summed E-state index contributed by atoms with van der Waals surface area (Å²) >= 11 is 0. The number of primary amides is 1. The van der Waals surface area contributed by atoms with E-state index in [9.17, 15) is 15.0 Å². The molecule has 1 unspecified atom stereocenters. The molecule has 1 aromatic carbocycles. The summed E-state index contributed by atoms with van der Waals surface area (Å²) in [6.45, 7) is 0.105. The van der Waals surface area contributed by atoms with Crippen molar-refractivity contribution in [2.45, 2.75) is 6.10 Å². The van der Waals surface area contributed by atoms with Crippen LogP contribution in [0.1, 0.15) is 11.7 Å². The first-order valence-corrected chi connectivity index (χ1v) is 4.69. The zero-order valence-corrected chi connectivity index (χ0v) is 8.55. The van der Waals surface area contributed by atoms with Gasteiger partial charge in [0.05, 0.1) is 12.6 Å². The highest BCUT2D eigenvalue weighted by Gasteiger charge is 2.09. The Balaban J connectivity index is 2.55. The Bertz CT molecular complexity index is 381. The van der Waals surface area contributed by atoms with Gasteiger partial charge in [-0.3, -0.25) is 4.79 Å². The van der Waals surface area contributed by atoms with Crippen LogP contribution in [0, 0.1) is 0 Å². The summed E-state index contributed by atoms with van der Waals surface area (Å²) in [5.74, 6) is -1.06. The summed E-state index contributed by atoms with van der Waals surface area (Å²) in [6.07, 6.45) is -0.883. The molecule has 0 fully saturated rings. The highest BCUT2D eigenvalue weighted by atomic mass is 16.3. The lowest BCUT2D eigenvalue weighted by atomic mass is 10.1. The standard InChI is InChI=1S/C10H14N2O4/c11-10(16)5-12-4-9(15)6-1-2-7(13)8(14)3-6/h1-3,9,12-15H,4-5H2,(H2,11,16). The molecule has 0 spiro atoms. The average Bonchev–Trinajstić information content (AvgIpc) is 2.21. The van der Waals surface area contributed by atoms with E-state index >= 15 is 0 Å². The highest BCUT2D eigenvalue weighted by Crippen LogP contribution is 2.27. The van der Waals surface area contributed by atoms with Crippen LogP contribution in [-0.2, 0) is 4.79 Å². The summed E-state index contributed by atoms with van der Waals surface area (Å²) in [4.78, 5) is 10.4. The molecule has 0 bridgehead atoms. The minimum absolute atomic E-state index is 0.0267. The van der Waals surface area contributed by atoms with Gasteiger partial charge in [-0.25, -0.2) is 0 Å². The molecule has 6 N–H and O–H groups in total. The topological polar surface area (TPSA) is 116 Å². The van der Waals surface area contributed by atoms with Gasteiger partial charge >= 0.3 is 0 Å². The Labute approximate surface area is 92.3 Å². The fourth-order valence-corrected chi connectivity index (χ4v) is 1.20. The van der Waals surface area contributed by atoms with Crippen molar-refractivity contribution in [2.75, 3.05) is 13.1 Å². The third-order valence-electron chi connectivity index (χ3n) is 2.02. The van der Waals surface area contributed by atoms with E-state index in [0.717, 1.165) is 0 Å². The van der Waals surface area contributed by atoms with E-state index in [0.29, 0.717) is 5.56 Å². The summed E-state index contributed by atoms with van der Waals surface area (Å²) in [5, 5.41) is 30.6. The first-order valence-electron chi connectivity index (χ1n) is 4.69. The molecule has 6 heteroatoms. The number of aliphatic hydroxyl groups is 1. The van der Waals surface area contributed by atoms with Gasteiger partial charge in [0.25, 0.3) is 0 Å². The highest BCUT2D eigenvalue weighted by molar-refractivity contribution is 5.75. The van der Waals surface area contributed by atoms with Gasteiger partial charge in [0.1, 0.15) is 0 Å². The number of carbonyl (C=O) groups excluding carboxylic acids is 1. The summed E-state index contributed by atoms with van der Waals surface area (Å²) in [7, 11) is 0. The van der Waals surface area contributed by atoms with Gasteiger partial charge < -0.3 is 26.4 Å². The van der Waals surface area contributed by atoms with Crippen LogP contribution in [0.15, 0.2) is 18.2 Å². The van der Waals surface area contributed by atoms with E-state index in [1.54, 1.807) is 0 Å². The number of phenols is 2. The van der Waals surface area contributed by atoms with Gasteiger partial charge in [0.2, 0.25) is 5.91 Å². The molecule has 1 atom stereocenters. The third-order valence-corrected chi connectivity index (χ3v) is 2.02. The molecule has 16 heavy (non-hydrogen) atoms. The molecular formula is C10H14N2O4. The zero-order valence-electron chi connectivity index (χ0n) is 8.55. The van der Waals surface area contributed by atoms with Crippen LogP contribution in [-0.4, -0.2) is 34.3 Å². The van der Waals surface area contributed by atoms with Crippen molar-refractivity contribution in [3.05, 3.63) is 23.8 Å². The molecule has 0 heterocycles.